The number of hydrogen-bond donors (Lipinski definition) is 0. The number of aromatic nitrogens is 2. The average molecular weight is 204 g/mol. The highest BCUT2D eigenvalue weighted by Crippen LogP contribution is 2.26. The van der Waals surface area contributed by atoms with Gasteiger partial charge in [0.15, 0.2) is 0 Å². The van der Waals surface area contributed by atoms with Gasteiger partial charge in [-0.1, -0.05) is 32.9 Å². The first-order valence-electron chi connectivity index (χ1n) is 5.27. The normalized spacial score (nSPS) is 12.3. The summed E-state index contributed by atoms with van der Waals surface area (Å²) in [4.78, 5) is 4.29. The second-order valence-electron chi connectivity index (χ2n) is 4.81. The molecule has 2 heterocycles. The second kappa shape index (κ2) is 3.33. The third-order valence-electron chi connectivity index (χ3n) is 2.61. The molecule has 0 saturated heterocycles. The lowest BCUT2D eigenvalue weighted by Crippen LogP contribution is -2.11. The zero-order chi connectivity index (χ0) is 11.1. The number of nitrogens with zero attached hydrogens (tertiary/aromatic N) is 2. The number of fused-ring (bicyclic) bond motifs is 1. The number of pyridine rings is 1. The van der Waals surface area contributed by atoms with E-state index in [0.717, 1.165) is 17.5 Å². The van der Waals surface area contributed by atoms with Gasteiger partial charge in [0, 0.05) is 6.20 Å². The highest BCUT2D eigenvalue weighted by atomic mass is 16.5. The average Bonchev–Trinajstić information content (AvgIpc) is 2.57. The van der Waals surface area contributed by atoms with Gasteiger partial charge in [0.1, 0.15) is 0 Å². The standard InChI is InChI=1S/C12H16N2O/c1-5-10-9-6-8(12(2,3)4)7-13-11(9)15-14-10/h6-7H,5H2,1-4H3. The molecule has 0 N–H and O–H groups in total. The molecule has 0 aliphatic carbocycles. The molecule has 3 heteroatoms. The Morgan fingerprint density at radius 1 is 1.33 bits per heavy atom. The van der Waals surface area contributed by atoms with E-state index in [1.807, 2.05) is 6.20 Å². The van der Waals surface area contributed by atoms with Gasteiger partial charge in [-0.15, -0.1) is 0 Å². The Hall–Kier alpha value is -1.38. The highest BCUT2D eigenvalue weighted by Gasteiger charge is 2.17. The van der Waals surface area contributed by atoms with Crippen LogP contribution >= 0.6 is 0 Å². The molecule has 0 fully saturated rings. The van der Waals surface area contributed by atoms with E-state index in [-0.39, 0.29) is 5.41 Å². The van der Waals surface area contributed by atoms with Gasteiger partial charge in [-0.25, -0.2) is 4.98 Å². The molecule has 0 amide bonds. The predicted octanol–water partition coefficient (Wildman–Crippen LogP) is 3.08. The van der Waals surface area contributed by atoms with Gasteiger partial charge in [-0.05, 0) is 23.5 Å². The zero-order valence-electron chi connectivity index (χ0n) is 9.66. The van der Waals surface area contributed by atoms with Crippen LogP contribution in [0.15, 0.2) is 16.8 Å². The fourth-order valence-corrected chi connectivity index (χ4v) is 1.54. The third kappa shape index (κ3) is 1.74. The largest absolute Gasteiger partial charge is 0.336 e. The Labute approximate surface area is 89.5 Å². The van der Waals surface area contributed by atoms with E-state index in [0.29, 0.717) is 5.71 Å². The summed E-state index contributed by atoms with van der Waals surface area (Å²) < 4.78 is 5.15. The van der Waals surface area contributed by atoms with Gasteiger partial charge in [0.25, 0.3) is 5.71 Å². The first-order valence-corrected chi connectivity index (χ1v) is 5.27. The molecule has 0 bridgehead atoms. The molecule has 2 aromatic rings. The van der Waals surface area contributed by atoms with E-state index >= 15 is 0 Å². The maximum atomic E-state index is 5.15. The summed E-state index contributed by atoms with van der Waals surface area (Å²) in [7, 11) is 0. The van der Waals surface area contributed by atoms with Gasteiger partial charge in [0.05, 0.1) is 11.1 Å². The molecular weight excluding hydrogens is 188 g/mol. The maximum absolute atomic E-state index is 5.15. The molecule has 0 radical (unpaired) electrons. The molecule has 0 atom stereocenters. The molecule has 0 saturated carbocycles. The summed E-state index contributed by atoms with van der Waals surface area (Å²) in [5, 5.41) is 5.05. The van der Waals surface area contributed by atoms with Crippen molar-refractivity contribution < 1.29 is 4.52 Å². The highest BCUT2D eigenvalue weighted by molar-refractivity contribution is 5.76. The lowest BCUT2D eigenvalue weighted by atomic mass is 9.88. The summed E-state index contributed by atoms with van der Waals surface area (Å²) in [5.74, 6) is 0. The van der Waals surface area contributed by atoms with E-state index in [9.17, 15) is 0 Å². The molecule has 0 aromatic carbocycles. The van der Waals surface area contributed by atoms with Crippen LogP contribution in [0.25, 0.3) is 11.1 Å². The van der Waals surface area contributed by atoms with E-state index in [1.54, 1.807) is 0 Å². The topological polar surface area (TPSA) is 38.9 Å². The Bertz CT molecular complexity index is 480. The summed E-state index contributed by atoms with van der Waals surface area (Å²) in [6.45, 7) is 8.60. The number of rotatable bonds is 1. The van der Waals surface area contributed by atoms with Crippen LogP contribution in [0.2, 0.25) is 0 Å². The van der Waals surface area contributed by atoms with Crippen molar-refractivity contribution in [3.63, 3.8) is 0 Å². The van der Waals surface area contributed by atoms with Gasteiger partial charge in [-0.2, -0.15) is 0 Å². The van der Waals surface area contributed by atoms with E-state index in [2.05, 4.69) is 43.9 Å². The minimum absolute atomic E-state index is 0.115. The Morgan fingerprint density at radius 3 is 2.67 bits per heavy atom. The Morgan fingerprint density at radius 2 is 2.07 bits per heavy atom. The SMILES string of the molecule is CCc1noc2ncc(C(C)(C)C)cc12. The van der Waals surface area contributed by atoms with Crippen molar-refractivity contribution in [2.24, 2.45) is 0 Å². The van der Waals surface area contributed by atoms with E-state index in [4.69, 9.17) is 4.52 Å². The van der Waals surface area contributed by atoms with Gasteiger partial charge in [-0.3, -0.25) is 0 Å². The smallest absolute Gasteiger partial charge is 0.257 e. The maximum Gasteiger partial charge on any atom is 0.257 e. The first kappa shape index (κ1) is 10.1. The van der Waals surface area contributed by atoms with Crippen molar-refractivity contribution in [3.05, 3.63) is 23.5 Å². The van der Waals surface area contributed by atoms with Crippen LogP contribution in [-0.4, -0.2) is 10.1 Å². The van der Waals surface area contributed by atoms with Crippen molar-refractivity contribution in [2.75, 3.05) is 0 Å². The molecule has 0 spiro atoms. The lowest BCUT2D eigenvalue weighted by molar-refractivity contribution is 0.439. The number of aryl methyl sites for hydroxylation is 1. The summed E-state index contributed by atoms with van der Waals surface area (Å²) >= 11 is 0. The summed E-state index contributed by atoms with van der Waals surface area (Å²) in [6.07, 6.45) is 2.75. The van der Waals surface area contributed by atoms with Crippen LogP contribution in [0.5, 0.6) is 0 Å². The minimum Gasteiger partial charge on any atom is -0.336 e. The third-order valence-corrected chi connectivity index (χ3v) is 2.61. The van der Waals surface area contributed by atoms with Crippen LogP contribution in [0.4, 0.5) is 0 Å². The minimum atomic E-state index is 0.115. The molecular formula is C12H16N2O. The van der Waals surface area contributed by atoms with Crippen molar-refractivity contribution in [1.29, 1.82) is 0 Å². The summed E-state index contributed by atoms with van der Waals surface area (Å²) in [5.41, 5.74) is 2.96. The van der Waals surface area contributed by atoms with Crippen molar-refractivity contribution in [1.82, 2.24) is 10.1 Å². The van der Waals surface area contributed by atoms with Crippen LogP contribution < -0.4 is 0 Å². The zero-order valence-corrected chi connectivity index (χ0v) is 9.66. The molecule has 15 heavy (non-hydrogen) atoms. The molecule has 0 aliphatic heterocycles. The molecule has 80 valence electrons. The Balaban J connectivity index is 2.63. The summed E-state index contributed by atoms with van der Waals surface area (Å²) in [6, 6.07) is 2.14. The lowest BCUT2D eigenvalue weighted by Gasteiger charge is -2.17. The van der Waals surface area contributed by atoms with Crippen LogP contribution in [0.1, 0.15) is 39.0 Å². The second-order valence-corrected chi connectivity index (χ2v) is 4.81. The fraction of sp³-hybridized carbons (Fsp3) is 0.500. The predicted molar refractivity (Wildman–Crippen MR) is 59.9 cm³/mol. The molecule has 0 unspecified atom stereocenters. The molecule has 0 aliphatic rings. The van der Waals surface area contributed by atoms with Gasteiger partial charge >= 0.3 is 0 Å². The van der Waals surface area contributed by atoms with Crippen LogP contribution in [0, 0.1) is 0 Å². The molecule has 2 rings (SSSR count). The molecule has 2 aromatic heterocycles. The van der Waals surface area contributed by atoms with E-state index in [1.165, 1.54) is 5.56 Å². The van der Waals surface area contributed by atoms with Crippen molar-refractivity contribution >= 4 is 11.1 Å². The molecule has 3 nitrogen and oxygen atoms in total. The van der Waals surface area contributed by atoms with Gasteiger partial charge < -0.3 is 4.52 Å². The number of hydrogen-bond acceptors (Lipinski definition) is 3. The van der Waals surface area contributed by atoms with Crippen LogP contribution in [0.3, 0.4) is 0 Å². The van der Waals surface area contributed by atoms with Crippen molar-refractivity contribution in [3.8, 4) is 0 Å². The van der Waals surface area contributed by atoms with Gasteiger partial charge in [0.2, 0.25) is 0 Å². The monoisotopic (exact) mass is 204 g/mol. The van der Waals surface area contributed by atoms with E-state index < -0.39 is 0 Å². The Kier molecular flexibility index (Phi) is 2.25. The van der Waals surface area contributed by atoms with Crippen molar-refractivity contribution in [2.45, 2.75) is 39.5 Å². The first-order chi connectivity index (χ1) is 7.02. The quantitative estimate of drug-likeness (QED) is 0.716. The van der Waals surface area contributed by atoms with Crippen LogP contribution in [-0.2, 0) is 11.8 Å². The fourth-order valence-electron chi connectivity index (χ4n) is 1.54.